The lowest BCUT2D eigenvalue weighted by Gasteiger charge is -2.64. The molecule has 5 aliphatic rings. The van der Waals surface area contributed by atoms with Crippen LogP contribution in [0.5, 0.6) is 11.5 Å². The van der Waals surface area contributed by atoms with Crippen LogP contribution in [-0.2, 0) is 27.9 Å². The Hall–Kier alpha value is -2.12. The molecule has 0 unspecified atom stereocenters. The van der Waals surface area contributed by atoms with E-state index in [0.717, 1.165) is 42.0 Å². The number of fused-ring (bicyclic) bond motifs is 1. The molecule has 7 rings (SSSR count). The smallest absolute Gasteiger partial charge is 0.207 e. The molecule has 4 atom stereocenters. The van der Waals surface area contributed by atoms with Crippen molar-refractivity contribution in [2.24, 2.45) is 0 Å². The Morgan fingerprint density at radius 3 is 2.69 bits per heavy atom. The second kappa shape index (κ2) is 6.48. The summed E-state index contributed by atoms with van der Waals surface area (Å²) < 4.78 is 25.6. The van der Waals surface area contributed by atoms with Crippen LogP contribution in [0.4, 0.5) is 0 Å². The van der Waals surface area contributed by atoms with Gasteiger partial charge in [-0.25, -0.2) is 0 Å². The fraction of sp³-hybridized carbons (Fsp3) is 0.538. The SMILES string of the molecule is CN1CC[C@]23c4c5ccc(OCc6ccccc6)c4O[C@H]2C2(CC[C@@]3(O)[C@H]1C5)OCCO2. The molecule has 2 aliphatic carbocycles. The molecule has 3 heterocycles. The van der Waals surface area contributed by atoms with E-state index in [2.05, 4.69) is 30.1 Å². The standard InChI is InChI=1S/C26H29NO5/c1-27-12-11-24-21-18-7-8-19(29-16-17-5-3-2-4-6-17)22(21)32-23(24)26(30-13-14-31-26)10-9-25(24,28)20(27)15-18/h2-8,20,23,28H,9-16H2,1H3/t20-,23-,24+,25-/m1/s1. The zero-order chi connectivity index (χ0) is 21.6. The van der Waals surface area contributed by atoms with Crippen molar-refractivity contribution in [2.45, 2.75) is 61.2 Å². The molecule has 2 spiro atoms. The summed E-state index contributed by atoms with van der Waals surface area (Å²) in [5.41, 5.74) is 2.09. The van der Waals surface area contributed by atoms with E-state index >= 15 is 0 Å². The Balaban J connectivity index is 1.38. The topological polar surface area (TPSA) is 60.4 Å². The number of hydrogen-bond donors (Lipinski definition) is 1. The van der Waals surface area contributed by atoms with Gasteiger partial charge in [0.25, 0.3) is 0 Å². The van der Waals surface area contributed by atoms with Gasteiger partial charge in [0.15, 0.2) is 17.6 Å². The average Bonchev–Trinajstić information content (AvgIpc) is 3.42. The van der Waals surface area contributed by atoms with Gasteiger partial charge >= 0.3 is 0 Å². The maximum absolute atomic E-state index is 12.4. The molecule has 2 bridgehead atoms. The molecule has 32 heavy (non-hydrogen) atoms. The second-order valence-corrected chi connectivity index (χ2v) is 10.1. The number of hydrogen-bond acceptors (Lipinski definition) is 6. The van der Waals surface area contributed by atoms with Crippen LogP contribution in [0.15, 0.2) is 42.5 Å². The molecule has 1 N–H and O–H groups in total. The minimum Gasteiger partial charge on any atom is -0.485 e. The Labute approximate surface area is 188 Å². The van der Waals surface area contributed by atoms with Crippen LogP contribution in [0.2, 0.25) is 0 Å². The van der Waals surface area contributed by atoms with Gasteiger partial charge in [0.1, 0.15) is 6.61 Å². The molecule has 6 nitrogen and oxygen atoms in total. The monoisotopic (exact) mass is 435 g/mol. The summed E-state index contributed by atoms with van der Waals surface area (Å²) >= 11 is 0. The van der Waals surface area contributed by atoms with Crippen molar-refractivity contribution in [1.29, 1.82) is 0 Å². The van der Waals surface area contributed by atoms with Gasteiger partial charge in [0.2, 0.25) is 5.79 Å². The van der Waals surface area contributed by atoms with Crippen molar-refractivity contribution in [3.05, 3.63) is 59.2 Å². The molecule has 2 saturated heterocycles. The molecule has 0 amide bonds. The van der Waals surface area contributed by atoms with Crippen molar-refractivity contribution in [1.82, 2.24) is 4.90 Å². The predicted octanol–water partition coefficient (Wildman–Crippen LogP) is 2.79. The van der Waals surface area contributed by atoms with E-state index in [1.165, 1.54) is 5.56 Å². The van der Waals surface area contributed by atoms with Gasteiger partial charge in [-0.15, -0.1) is 0 Å². The van der Waals surface area contributed by atoms with Crippen LogP contribution in [-0.4, -0.2) is 60.3 Å². The zero-order valence-electron chi connectivity index (χ0n) is 18.4. The zero-order valence-corrected chi connectivity index (χ0v) is 18.4. The largest absolute Gasteiger partial charge is 0.485 e. The quantitative estimate of drug-likeness (QED) is 0.800. The van der Waals surface area contributed by atoms with Crippen molar-refractivity contribution in [2.75, 3.05) is 26.8 Å². The molecular weight excluding hydrogens is 406 g/mol. The molecule has 0 aromatic heterocycles. The Morgan fingerprint density at radius 1 is 1.06 bits per heavy atom. The van der Waals surface area contributed by atoms with E-state index in [9.17, 15) is 5.11 Å². The Morgan fingerprint density at radius 2 is 1.88 bits per heavy atom. The Bertz CT molecular complexity index is 1070. The van der Waals surface area contributed by atoms with Crippen LogP contribution in [0.3, 0.4) is 0 Å². The molecular formula is C26H29NO5. The summed E-state index contributed by atoms with van der Waals surface area (Å²) in [5, 5.41) is 12.4. The van der Waals surface area contributed by atoms with E-state index in [-0.39, 0.29) is 12.1 Å². The van der Waals surface area contributed by atoms with Gasteiger partial charge in [-0.3, -0.25) is 0 Å². The van der Waals surface area contributed by atoms with Crippen molar-refractivity contribution < 1.29 is 24.1 Å². The highest BCUT2D eigenvalue weighted by Crippen LogP contribution is 2.67. The molecule has 2 aromatic rings. The number of piperidine rings is 1. The maximum Gasteiger partial charge on any atom is 0.207 e. The number of rotatable bonds is 3. The number of nitrogens with zero attached hydrogens (tertiary/aromatic N) is 1. The van der Waals surface area contributed by atoms with Crippen LogP contribution in [0.25, 0.3) is 0 Å². The van der Waals surface area contributed by atoms with E-state index in [4.69, 9.17) is 18.9 Å². The number of likely N-dealkylation sites (N-methyl/N-ethyl adjacent to an activating group) is 1. The molecule has 168 valence electrons. The summed E-state index contributed by atoms with van der Waals surface area (Å²) in [6, 6.07) is 14.4. The second-order valence-electron chi connectivity index (χ2n) is 10.1. The fourth-order valence-corrected chi connectivity index (χ4v) is 7.32. The minimum absolute atomic E-state index is 0.0654. The molecule has 2 aromatic carbocycles. The highest BCUT2D eigenvalue weighted by atomic mass is 16.8. The van der Waals surface area contributed by atoms with Crippen molar-refractivity contribution in [3.8, 4) is 11.5 Å². The highest BCUT2D eigenvalue weighted by molar-refractivity contribution is 5.63. The number of aliphatic hydroxyl groups is 1. The first-order chi connectivity index (χ1) is 15.6. The van der Waals surface area contributed by atoms with Gasteiger partial charge < -0.3 is 29.0 Å². The lowest BCUT2D eigenvalue weighted by molar-refractivity contribution is -0.295. The first-order valence-electron chi connectivity index (χ1n) is 11.8. The molecule has 6 heteroatoms. The number of benzene rings is 2. The first-order valence-corrected chi connectivity index (χ1v) is 11.8. The van der Waals surface area contributed by atoms with E-state index < -0.39 is 16.8 Å². The van der Waals surface area contributed by atoms with Crippen molar-refractivity contribution >= 4 is 0 Å². The summed E-state index contributed by atoms with van der Waals surface area (Å²) in [5.74, 6) is 0.728. The predicted molar refractivity (Wildman–Crippen MR) is 117 cm³/mol. The fourth-order valence-electron chi connectivity index (χ4n) is 7.32. The molecule has 1 saturated carbocycles. The number of ether oxygens (including phenoxy) is 4. The average molecular weight is 436 g/mol. The van der Waals surface area contributed by atoms with Crippen molar-refractivity contribution in [3.63, 3.8) is 0 Å². The summed E-state index contributed by atoms with van der Waals surface area (Å²) in [7, 11) is 2.14. The van der Waals surface area contributed by atoms with Gasteiger partial charge in [0, 0.05) is 18.0 Å². The van der Waals surface area contributed by atoms with E-state index in [0.29, 0.717) is 32.7 Å². The summed E-state index contributed by atoms with van der Waals surface area (Å²) in [4.78, 5) is 2.33. The van der Waals surface area contributed by atoms with Gasteiger partial charge in [-0.05, 0) is 50.0 Å². The highest BCUT2D eigenvalue weighted by Gasteiger charge is 2.77. The van der Waals surface area contributed by atoms with Gasteiger partial charge in [-0.2, -0.15) is 0 Å². The lowest BCUT2D eigenvalue weighted by atomic mass is 9.48. The third-order valence-corrected chi connectivity index (χ3v) is 8.73. The van der Waals surface area contributed by atoms with Crippen LogP contribution >= 0.6 is 0 Å². The first kappa shape index (κ1) is 19.4. The van der Waals surface area contributed by atoms with E-state index in [1.807, 2.05) is 24.3 Å². The summed E-state index contributed by atoms with van der Waals surface area (Å²) in [6.45, 7) is 2.52. The number of likely N-dealkylation sites (tertiary alicyclic amines) is 1. The Kier molecular flexibility index (Phi) is 3.92. The minimum atomic E-state index is -0.873. The summed E-state index contributed by atoms with van der Waals surface area (Å²) in [6.07, 6.45) is 2.56. The maximum atomic E-state index is 12.4. The normalized spacial score (nSPS) is 36.1. The molecule has 3 aliphatic heterocycles. The van der Waals surface area contributed by atoms with E-state index in [1.54, 1.807) is 0 Å². The van der Waals surface area contributed by atoms with Crippen LogP contribution < -0.4 is 9.47 Å². The third kappa shape index (κ3) is 2.24. The third-order valence-electron chi connectivity index (χ3n) is 8.73. The molecule has 3 fully saturated rings. The molecule has 0 radical (unpaired) electrons. The van der Waals surface area contributed by atoms with Gasteiger partial charge in [-0.1, -0.05) is 36.4 Å². The van der Waals surface area contributed by atoms with Gasteiger partial charge in [0.05, 0.1) is 24.2 Å². The van der Waals surface area contributed by atoms with Crippen LogP contribution in [0.1, 0.15) is 36.0 Å². The van der Waals surface area contributed by atoms with Crippen LogP contribution in [0, 0.1) is 0 Å². The lowest BCUT2D eigenvalue weighted by Crippen LogP contribution is -2.79.